The lowest BCUT2D eigenvalue weighted by Gasteiger charge is -2.06. The molecule has 2 aromatic carbocycles. The summed E-state index contributed by atoms with van der Waals surface area (Å²) in [6.07, 6.45) is 2.19. The molecule has 2 rings (SSSR count). The van der Waals surface area contributed by atoms with Crippen molar-refractivity contribution in [1.82, 2.24) is 0 Å². The van der Waals surface area contributed by atoms with Crippen LogP contribution < -0.4 is 0 Å². The van der Waals surface area contributed by atoms with Crippen LogP contribution in [0.5, 0.6) is 0 Å². The van der Waals surface area contributed by atoms with Crippen molar-refractivity contribution in [2.45, 2.75) is 13.2 Å². The highest BCUT2D eigenvalue weighted by Crippen LogP contribution is 2.13. The molecule has 0 saturated carbocycles. The second-order valence-electron chi connectivity index (χ2n) is 5.35. The molecule has 0 bridgehead atoms. The predicted molar refractivity (Wildman–Crippen MR) is 96.3 cm³/mol. The molecule has 5 nitrogen and oxygen atoms in total. The van der Waals surface area contributed by atoms with E-state index in [1.807, 2.05) is 0 Å². The molecule has 0 radical (unpaired) electrons. The molecule has 132 valence electrons. The lowest BCUT2D eigenvalue weighted by Crippen LogP contribution is -2.04. The van der Waals surface area contributed by atoms with E-state index >= 15 is 0 Å². The van der Waals surface area contributed by atoms with Gasteiger partial charge in [0.15, 0.2) is 5.78 Å². The first kappa shape index (κ1) is 18.9. The highest BCUT2D eigenvalue weighted by molar-refractivity contribution is 6.09. The highest BCUT2D eigenvalue weighted by atomic mass is 16.5. The number of ether oxygens (including phenoxy) is 2. The van der Waals surface area contributed by atoms with Crippen molar-refractivity contribution in [1.29, 1.82) is 0 Å². The fourth-order valence-electron chi connectivity index (χ4n) is 2.10. The van der Waals surface area contributed by atoms with E-state index < -0.39 is 11.9 Å². The van der Waals surface area contributed by atoms with Gasteiger partial charge in [0.05, 0.1) is 0 Å². The van der Waals surface area contributed by atoms with Gasteiger partial charge in [0.1, 0.15) is 13.2 Å². The molecule has 0 unspecified atom stereocenters. The van der Waals surface area contributed by atoms with Gasteiger partial charge in [-0.1, -0.05) is 61.7 Å². The maximum absolute atomic E-state index is 12.5. The van der Waals surface area contributed by atoms with Gasteiger partial charge < -0.3 is 9.47 Å². The van der Waals surface area contributed by atoms with Crippen LogP contribution in [0.2, 0.25) is 0 Å². The summed E-state index contributed by atoms with van der Waals surface area (Å²) in [4.78, 5) is 34.6. The predicted octanol–water partition coefficient (Wildman–Crippen LogP) is 3.38. The molecule has 0 spiro atoms. The van der Waals surface area contributed by atoms with Crippen LogP contribution in [0.3, 0.4) is 0 Å². The van der Waals surface area contributed by atoms with Crippen LogP contribution in [-0.2, 0) is 32.3 Å². The molecule has 0 aliphatic rings. The smallest absolute Gasteiger partial charge is 0.330 e. The van der Waals surface area contributed by atoms with Gasteiger partial charge in [-0.15, -0.1) is 0 Å². The van der Waals surface area contributed by atoms with E-state index in [0.717, 1.165) is 23.3 Å². The summed E-state index contributed by atoms with van der Waals surface area (Å²) < 4.78 is 9.88. The van der Waals surface area contributed by atoms with E-state index in [9.17, 15) is 14.4 Å². The van der Waals surface area contributed by atoms with Gasteiger partial charge >= 0.3 is 11.9 Å². The van der Waals surface area contributed by atoms with Gasteiger partial charge in [-0.3, -0.25) is 4.79 Å². The highest BCUT2D eigenvalue weighted by Gasteiger charge is 2.09. The van der Waals surface area contributed by atoms with Gasteiger partial charge in [-0.25, -0.2) is 9.59 Å². The molecule has 0 N–H and O–H groups in total. The molecular formula is C21H18O5. The number of esters is 2. The Balaban J connectivity index is 1.99. The second-order valence-corrected chi connectivity index (χ2v) is 5.35. The third-order valence-electron chi connectivity index (χ3n) is 3.53. The van der Waals surface area contributed by atoms with E-state index in [1.165, 1.54) is 0 Å². The summed E-state index contributed by atoms with van der Waals surface area (Å²) >= 11 is 0. The van der Waals surface area contributed by atoms with E-state index in [4.69, 9.17) is 9.47 Å². The Morgan fingerprint density at radius 3 is 1.35 bits per heavy atom. The quantitative estimate of drug-likeness (QED) is 0.415. The Morgan fingerprint density at radius 2 is 1.04 bits per heavy atom. The Bertz CT molecular complexity index is 747. The molecule has 0 saturated heterocycles. The third-order valence-corrected chi connectivity index (χ3v) is 3.53. The SMILES string of the molecule is C=CC(=O)OCc1ccc(C(=O)c2ccc(COC(=O)C=C)cc2)cc1. The van der Waals surface area contributed by atoms with E-state index in [1.54, 1.807) is 48.5 Å². The summed E-state index contributed by atoms with van der Waals surface area (Å²) in [5.74, 6) is -1.12. The number of hydrogen-bond donors (Lipinski definition) is 0. The average molecular weight is 350 g/mol. The lowest BCUT2D eigenvalue weighted by molar-refractivity contribution is -0.139. The number of benzene rings is 2. The fraction of sp³-hybridized carbons (Fsp3) is 0.0952. The Morgan fingerprint density at radius 1 is 0.692 bits per heavy atom. The summed E-state index contributed by atoms with van der Waals surface area (Å²) in [5, 5.41) is 0. The molecule has 5 heteroatoms. The number of carbonyl (C=O) groups excluding carboxylic acids is 3. The van der Waals surface area contributed by atoms with Gasteiger partial charge in [-0.05, 0) is 11.1 Å². The maximum Gasteiger partial charge on any atom is 0.330 e. The van der Waals surface area contributed by atoms with Crippen molar-refractivity contribution in [3.05, 3.63) is 96.1 Å². The van der Waals surface area contributed by atoms with Gasteiger partial charge in [0.2, 0.25) is 0 Å². The monoisotopic (exact) mass is 350 g/mol. The minimum absolute atomic E-state index is 0.122. The standard InChI is InChI=1S/C21H18O5/c1-3-19(22)25-13-15-5-9-17(10-6-15)21(24)18-11-7-16(8-12-18)14-26-20(23)4-2/h3-12H,1-2,13-14H2. The van der Waals surface area contributed by atoms with Gasteiger partial charge in [-0.2, -0.15) is 0 Å². The Hall–Kier alpha value is -3.47. The number of hydrogen-bond acceptors (Lipinski definition) is 5. The van der Waals surface area contributed by atoms with Crippen LogP contribution in [0.1, 0.15) is 27.0 Å². The minimum atomic E-state index is -0.496. The average Bonchev–Trinajstić information content (AvgIpc) is 2.70. The van der Waals surface area contributed by atoms with Crippen LogP contribution >= 0.6 is 0 Å². The minimum Gasteiger partial charge on any atom is -0.458 e. The van der Waals surface area contributed by atoms with Gasteiger partial charge in [0, 0.05) is 23.3 Å². The first-order chi connectivity index (χ1) is 12.5. The molecule has 26 heavy (non-hydrogen) atoms. The van der Waals surface area contributed by atoms with Crippen molar-refractivity contribution in [3.63, 3.8) is 0 Å². The first-order valence-corrected chi connectivity index (χ1v) is 7.84. The zero-order valence-corrected chi connectivity index (χ0v) is 14.1. The zero-order chi connectivity index (χ0) is 18.9. The van der Waals surface area contributed by atoms with Crippen LogP contribution in [0, 0.1) is 0 Å². The van der Waals surface area contributed by atoms with Crippen molar-refractivity contribution in [3.8, 4) is 0 Å². The number of rotatable bonds is 8. The summed E-state index contributed by atoms with van der Waals surface area (Å²) in [6, 6.07) is 13.6. The second kappa shape index (κ2) is 9.13. The molecule has 0 aliphatic heterocycles. The van der Waals surface area contributed by atoms with Crippen molar-refractivity contribution >= 4 is 17.7 Å². The topological polar surface area (TPSA) is 69.7 Å². The van der Waals surface area contributed by atoms with Crippen LogP contribution in [0.15, 0.2) is 73.8 Å². The Labute approximate surface area is 151 Å². The normalized spacial score (nSPS) is 9.85. The lowest BCUT2D eigenvalue weighted by atomic mass is 10.0. The van der Waals surface area contributed by atoms with E-state index in [-0.39, 0.29) is 19.0 Å². The van der Waals surface area contributed by atoms with Crippen molar-refractivity contribution < 1.29 is 23.9 Å². The van der Waals surface area contributed by atoms with Crippen LogP contribution in [-0.4, -0.2) is 17.7 Å². The zero-order valence-electron chi connectivity index (χ0n) is 14.1. The molecular weight excluding hydrogens is 332 g/mol. The molecule has 0 fully saturated rings. The largest absolute Gasteiger partial charge is 0.458 e. The molecule has 2 aromatic rings. The molecule has 0 amide bonds. The molecule has 0 aromatic heterocycles. The maximum atomic E-state index is 12.5. The number of carbonyl (C=O) groups is 3. The summed E-state index contributed by atoms with van der Waals surface area (Å²) in [5.41, 5.74) is 2.59. The van der Waals surface area contributed by atoms with Crippen LogP contribution in [0.25, 0.3) is 0 Å². The van der Waals surface area contributed by atoms with Crippen molar-refractivity contribution in [2.24, 2.45) is 0 Å². The summed E-state index contributed by atoms with van der Waals surface area (Å²) in [7, 11) is 0. The summed E-state index contributed by atoms with van der Waals surface area (Å²) in [6.45, 7) is 6.90. The molecule has 0 aliphatic carbocycles. The van der Waals surface area contributed by atoms with E-state index in [2.05, 4.69) is 13.2 Å². The van der Waals surface area contributed by atoms with E-state index in [0.29, 0.717) is 11.1 Å². The molecule has 0 heterocycles. The van der Waals surface area contributed by atoms with Crippen molar-refractivity contribution in [2.75, 3.05) is 0 Å². The van der Waals surface area contributed by atoms with Crippen LogP contribution in [0.4, 0.5) is 0 Å². The fourth-order valence-corrected chi connectivity index (χ4v) is 2.10. The Kier molecular flexibility index (Phi) is 6.62. The number of ketones is 1. The molecule has 0 atom stereocenters. The van der Waals surface area contributed by atoms with Gasteiger partial charge in [0.25, 0.3) is 0 Å². The first-order valence-electron chi connectivity index (χ1n) is 7.84. The third kappa shape index (κ3) is 5.27.